The molecule has 0 aliphatic heterocycles. The van der Waals surface area contributed by atoms with Crippen molar-refractivity contribution in [1.82, 2.24) is 9.62 Å². The van der Waals surface area contributed by atoms with Gasteiger partial charge in [-0.3, -0.25) is 14.4 Å². The predicted octanol–water partition coefficient (Wildman–Crippen LogP) is 0.946. The first-order valence-electron chi connectivity index (χ1n) is 9.05. The molecule has 2 amide bonds. The molecule has 156 valence electrons. The molecule has 28 heavy (non-hydrogen) atoms. The monoisotopic (exact) mass is 413 g/mol. The van der Waals surface area contributed by atoms with E-state index < -0.39 is 33.8 Å². The van der Waals surface area contributed by atoms with Gasteiger partial charge in [-0.25, -0.2) is 8.42 Å². The average Bonchev–Trinajstić information content (AvgIpc) is 2.64. The molecule has 4 N–H and O–H groups in total. The first-order valence-corrected chi connectivity index (χ1v) is 10.5. The Kier molecular flexibility index (Phi) is 9.07. The summed E-state index contributed by atoms with van der Waals surface area (Å²) in [7, 11) is -3.66. The third kappa shape index (κ3) is 6.61. The van der Waals surface area contributed by atoms with Crippen LogP contribution in [0, 0.1) is 0 Å². The van der Waals surface area contributed by atoms with Crippen LogP contribution in [0.3, 0.4) is 0 Å². The number of hydrogen-bond acceptors (Lipinski definition) is 5. The van der Waals surface area contributed by atoms with Crippen molar-refractivity contribution in [1.29, 1.82) is 0 Å². The first-order chi connectivity index (χ1) is 13.1. The second-order valence-corrected chi connectivity index (χ2v) is 8.23. The SMILES string of the molecule is CCCN(CCC)S(=O)(=O)c1ccc(C(=O)N[C@@H](CCC(=O)O)C(N)=O)cc1. The Balaban J connectivity index is 2.94. The zero-order valence-electron chi connectivity index (χ0n) is 16.1. The van der Waals surface area contributed by atoms with Crippen LogP contribution in [0.15, 0.2) is 29.2 Å². The zero-order valence-corrected chi connectivity index (χ0v) is 16.9. The molecular formula is C18H27N3O6S. The third-order valence-corrected chi connectivity index (χ3v) is 5.91. The molecule has 0 aliphatic carbocycles. The lowest BCUT2D eigenvalue weighted by Gasteiger charge is -2.21. The van der Waals surface area contributed by atoms with Gasteiger partial charge in [0.05, 0.1) is 4.90 Å². The van der Waals surface area contributed by atoms with Crippen molar-refractivity contribution in [3.05, 3.63) is 29.8 Å². The maximum Gasteiger partial charge on any atom is 0.303 e. The molecule has 0 aromatic heterocycles. The highest BCUT2D eigenvalue weighted by molar-refractivity contribution is 7.89. The van der Waals surface area contributed by atoms with Gasteiger partial charge in [0, 0.05) is 25.1 Å². The predicted molar refractivity (Wildman–Crippen MR) is 103 cm³/mol. The Hall–Kier alpha value is -2.46. The number of benzene rings is 1. The Morgan fingerprint density at radius 1 is 1.11 bits per heavy atom. The van der Waals surface area contributed by atoms with Crippen molar-refractivity contribution < 1.29 is 27.9 Å². The van der Waals surface area contributed by atoms with Gasteiger partial charge in [-0.15, -0.1) is 0 Å². The van der Waals surface area contributed by atoms with Gasteiger partial charge in [0.1, 0.15) is 6.04 Å². The van der Waals surface area contributed by atoms with Crippen molar-refractivity contribution in [3.8, 4) is 0 Å². The van der Waals surface area contributed by atoms with E-state index in [1.54, 1.807) is 0 Å². The smallest absolute Gasteiger partial charge is 0.303 e. The van der Waals surface area contributed by atoms with Crippen LogP contribution in [-0.4, -0.2) is 54.7 Å². The number of nitrogens with one attached hydrogen (secondary N) is 1. The second-order valence-electron chi connectivity index (χ2n) is 6.29. The highest BCUT2D eigenvalue weighted by Gasteiger charge is 2.24. The van der Waals surface area contributed by atoms with Crippen LogP contribution in [0.25, 0.3) is 0 Å². The number of carbonyl (C=O) groups is 3. The number of hydrogen-bond donors (Lipinski definition) is 3. The van der Waals surface area contributed by atoms with E-state index in [1.165, 1.54) is 28.6 Å². The minimum absolute atomic E-state index is 0.0725. The number of amides is 2. The van der Waals surface area contributed by atoms with E-state index in [0.29, 0.717) is 25.9 Å². The van der Waals surface area contributed by atoms with Crippen LogP contribution in [0.1, 0.15) is 49.9 Å². The highest BCUT2D eigenvalue weighted by Crippen LogP contribution is 2.17. The number of carboxylic acid groups (broad SMARTS) is 1. The molecule has 0 unspecified atom stereocenters. The lowest BCUT2D eigenvalue weighted by Crippen LogP contribution is -2.44. The van der Waals surface area contributed by atoms with Gasteiger partial charge in [-0.1, -0.05) is 13.8 Å². The number of aliphatic carboxylic acids is 1. The number of carbonyl (C=O) groups excluding carboxylic acids is 2. The highest BCUT2D eigenvalue weighted by atomic mass is 32.2. The summed E-state index contributed by atoms with van der Waals surface area (Å²) in [6, 6.07) is 4.22. The van der Waals surface area contributed by atoms with E-state index in [0.717, 1.165) is 0 Å². The molecule has 10 heteroatoms. The summed E-state index contributed by atoms with van der Waals surface area (Å²) in [4.78, 5) is 34.4. The molecular weight excluding hydrogens is 386 g/mol. The average molecular weight is 413 g/mol. The van der Waals surface area contributed by atoms with Crippen molar-refractivity contribution in [2.24, 2.45) is 5.73 Å². The van der Waals surface area contributed by atoms with Crippen molar-refractivity contribution >= 4 is 27.8 Å². The zero-order chi connectivity index (χ0) is 21.3. The fourth-order valence-electron chi connectivity index (χ4n) is 2.57. The summed E-state index contributed by atoms with van der Waals surface area (Å²) in [6.45, 7) is 4.60. The molecule has 1 rings (SSSR count). The largest absolute Gasteiger partial charge is 0.481 e. The van der Waals surface area contributed by atoms with E-state index in [2.05, 4.69) is 5.32 Å². The molecule has 0 aliphatic rings. The summed E-state index contributed by atoms with van der Waals surface area (Å²) in [5.74, 6) is -2.60. The molecule has 1 atom stereocenters. The number of nitrogens with two attached hydrogens (primary N) is 1. The number of sulfonamides is 1. The van der Waals surface area contributed by atoms with E-state index >= 15 is 0 Å². The summed E-state index contributed by atoms with van der Waals surface area (Å²) in [5, 5.41) is 11.1. The van der Waals surface area contributed by atoms with Gasteiger partial charge < -0.3 is 16.2 Å². The number of nitrogens with zero attached hydrogens (tertiary/aromatic N) is 1. The minimum atomic E-state index is -3.66. The molecule has 0 fully saturated rings. The number of primary amides is 1. The summed E-state index contributed by atoms with van der Waals surface area (Å²) in [6.07, 6.45) is 0.913. The van der Waals surface area contributed by atoms with Gasteiger partial charge in [0.25, 0.3) is 5.91 Å². The van der Waals surface area contributed by atoms with E-state index in [-0.39, 0.29) is 23.3 Å². The minimum Gasteiger partial charge on any atom is -0.481 e. The second kappa shape index (κ2) is 10.8. The molecule has 0 spiro atoms. The molecule has 0 saturated carbocycles. The van der Waals surface area contributed by atoms with Crippen molar-refractivity contribution in [3.63, 3.8) is 0 Å². The lowest BCUT2D eigenvalue weighted by molar-refractivity contribution is -0.137. The fourth-order valence-corrected chi connectivity index (χ4v) is 4.20. The molecule has 0 heterocycles. The molecule has 0 bridgehead atoms. The van der Waals surface area contributed by atoms with Crippen molar-refractivity contribution in [2.45, 2.75) is 50.5 Å². The summed E-state index contributed by atoms with van der Waals surface area (Å²) < 4.78 is 26.8. The van der Waals surface area contributed by atoms with Crippen LogP contribution >= 0.6 is 0 Å². The van der Waals surface area contributed by atoms with Crippen LogP contribution < -0.4 is 11.1 Å². The lowest BCUT2D eigenvalue weighted by atomic mass is 10.1. The molecule has 0 saturated heterocycles. The maximum absolute atomic E-state index is 12.7. The summed E-state index contributed by atoms with van der Waals surface area (Å²) in [5.41, 5.74) is 5.33. The Morgan fingerprint density at radius 3 is 2.07 bits per heavy atom. The van der Waals surface area contributed by atoms with Gasteiger partial charge in [-0.2, -0.15) is 4.31 Å². The van der Waals surface area contributed by atoms with Gasteiger partial charge in [0.2, 0.25) is 15.9 Å². The normalized spacial score (nSPS) is 12.5. The maximum atomic E-state index is 12.7. The molecule has 1 aromatic rings. The summed E-state index contributed by atoms with van der Waals surface area (Å²) >= 11 is 0. The molecule has 1 aromatic carbocycles. The van der Waals surface area contributed by atoms with Gasteiger partial charge in [-0.05, 0) is 43.5 Å². The Bertz CT molecular complexity index is 786. The fraction of sp³-hybridized carbons (Fsp3) is 0.500. The Labute approximate surface area is 164 Å². The van der Waals surface area contributed by atoms with Crippen LogP contribution in [0.4, 0.5) is 0 Å². The van der Waals surface area contributed by atoms with Crippen LogP contribution in [0.2, 0.25) is 0 Å². The van der Waals surface area contributed by atoms with E-state index in [1.807, 2.05) is 13.8 Å². The number of carboxylic acids is 1. The Morgan fingerprint density at radius 2 is 1.64 bits per heavy atom. The molecule has 0 radical (unpaired) electrons. The molecule has 9 nitrogen and oxygen atoms in total. The quantitative estimate of drug-likeness (QED) is 0.465. The number of rotatable bonds is 12. The van der Waals surface area contributed by atoms with Gasteiger partial charge in [0.15, 0.2) is 0 Å². The van der Waals surface area contributed by atoms with Crippen molar-refractivity contribution in [2.75, 3.05) is 13.1 Å². The van der Waals surface area contributed by atoms with Crippen LogP contribution in [0.5, 0.6) is 0 Å². The standard InChI is InChI=1S/C18H27N3O6S/c1-3-11-21(12-4-2)28(26,27)14-7-5-13(6-8-14)18(25)20-15(17(19)24)9-10-16(22)23/h5-8,15H,3-4,9-12H2,1-2H3,(H2,19,24)(H,20,25)(H,22,23)/t15-/m0/s1. The van der Waals surface area contributed by atoms with Gasteiger partial charge >= 0.3 is 5.97 Å². The first kappa shape index (κ1) is 23.6. The third-order valence-electron chi connectivity index (χ3n) is 4.00. The van der Waals surface area contributed by atoms with E-state index in [4.69, 9.17) is 10.8 Å². The topological polar surface area (TPSA) is 147 Å². The van der Waals surface area contributed by atoms with E-state index in [9.17, 15) is 22.8 Å². The van der Waals surface area contributed by atoms with Crippen LogP contribution in [-0.2, 0) is 19.6 Å².